The highest BCUT2D eigenvalue weighted by molar-refractivity contribution is 7.90. The Labute approximate surface area is 112 Å². The van der Waals surface area contributed by atoms with Gasteiger partial charge in [-0.05, 0) is 25.7 Å². The fourth-order valence-electron chi connectivity index (χ4n) is 2.03. The Morgan fingerprint density at radius 2 is 2.06 bits per heavy atom. The largest absolute Gasteiger partial charge is 0.309 e. The van der Waals surface area contributed by atoms with E-state index in [4.69, 9.17) is 0 Å². The molecule has 0 aliphatic heterocycles. The van der Waals surface area contributed by atoms with E-state index in [-0.39, 0.29) is 5.75 Å². The van der Waals surface area contributed by atoms with E-state index in [1.54, 1.807) is 11.3 Å². The zero-order chi connectivity index (χ0) is 12.8. The number of sulfone groups is 1. The molecule has 0 bridgehead atoms. The highest BCUT2D eigenvalue weighted by Gasteiger charge is 2.30. The van der Waals surface area contributed by atoms with Crippen LogP contribution in [0.1, 0.15) is 47.2 Å². The summed E-state index contributed by atoms with van der Waals surface area (Å²) in [7, 11) is -2.98. The van der Waals surface area contributed by atoms with Gasteiger partial charge in [0.05, 0.1) is 5.69 Å². The molecular weight excluding hydrogens is 268 g/mol. The third kappa shape index (κ3) is 3.30. The standard InChI is InChI=1S/C12H18N2O2S2/c1-18(15,16)7-11-14-12(8-2-3-8)10(17-11)6-13-9-4-5-9/h8-9,13H,2-7H2,1H3. The fraction of sp³-hybridized carbons (Fsp3) is 0.750. The van der Waals surface area contributed by atoms with Crippen LogP contribution in [0.5, 0.6) is 0 Å². The molecule has 1 aromatic rings. The Morgan fingerprint density at radius 1 is 1.33 bits per heavy atom. The van der Waals surface area contributed by atoms with Gasteiger partial charge in [-0.2, -0.15) is 0 Å². The summed E-state index contributed by atoms with van der Waals surface area (Å²) >= 11 is 1.57. The second kappa shape index (κ2) is 4.58. The van der Waals surface area contributed by atoms with Crippen molar-refractivity contribution in [2.45, 2.75) is 49.9 Å². The van der Waals surface area contributed by atoms with E-state index in [1.165, 1.54) is 36.8 Å². The highest BCUT2D eigenvalue weighted by atomic mass is 32.2. The van der Waals surface area contributed by atoms with Gasteiger partial charge in [-0.3, -0.25) is 0 Å². The van der Waals surface area contributed by atoms with Gasteiger partial charge in [-0.25, -0.2) is 13.4 Å². The second-order valence-corrected chi connectivity index (χ2v) is 8.72. The monoisotopic (exact) mass is 286 g/mol. The Hall–Kier alpha value is -0.460. The minimum absolute atomic E-state index is 0.0841. The van der Waals surface area contributed by atoms with Crippen LogP contribution in [0.2, 0.25) is 0 Å². The summed E-state index contributed by atoms with van der Waals surface area (Å²) < 4.78 is 22.7. The van der Waals surface area contributed by atoms with Crippen LogP contribution in [-0.4, -0.2) is 25.7 Å². The number of hydrogen-bond donors (Lipinski definition) is 1. The minimum atomic E-state index is -2.98. The van der Waals surface area contributed by atoms with Crippen molar-refractivity contribution in [3.05, 3.63) is 15.6 Å². The van der Waals surface area contributed by atoms with E-state index in [9.17, 15) is 8.42 Å². The average Bonchev–Trinajstić information content (AvgIpc) is 3.14. The molecule has 0 saturated heterocycles. The molecule has 4 nitrogen and oxygen atoms in total. The molecule has 6 heteroatoms. The number of thiazole rings is 1. The van der Waals surface area contributed by atoms with Gasteiger partial charge < -0.3 is 5.32 Å². The van der Waals surface area contributed by atoms with Crippen molar-refractivity contribution >= 4 is 21.2 Å². The van der Waals surface area contributed by atoms with E-state index < -0.39 is 9.84 Å². The molecule has 0 spiro atoms. The van der Waals surface area contributed by atoms with E-state index in [0.717, 1.165) is 17.2 Å². The first-order chi connectivity index (χ1) is 8.51. The molecule has 3 rings (SSSR count). The number of aromatic nitrogens is 1. The minimum Gasteiger partial charge on any atom is -0.309 e. The molecule has 1 heterocycles. The van der Waals surface area contributed by atoms with Crippen LogP contribution in [-0.2, 0) is 22.1 Å². The highest BCUT2D eigenvalue weighted by Crippen LogP contribution is 2.43. The zero-order valence-corrected chi connectivity index (χ0v) is 12.1. The van der Waals surface area contributed by atoms with E-state index >= 15 is 0 Å². The van der Waals surface area contributed by atoms with Gasteiger partial charge in [0.25, 0.3) is 0 Å². The van der Waals surface area contributed by atoms with Crippen molar-refractivity contribution in [2.75, 3.05) is 6.26 Å². The molecule has 2 saturated carbocycles. The predicted octanol–water partition coefficient (Wildman–Crippen LogP) is 1.82. The molecule has 0 radical (unpaired) electrons. The summed E-state index contributed by atoms with van der Waals surface area (Å²) in [4.78, 5) is 5.81. The van der Waals surface area contributed by atoms with Gasteiger partial charge in [0.1, 0.15) is 10.8 Å². The Bertz CT molecular complexity index is 542. The molecule has 1 aromatic heterocycles. The first kappa shape index (κ1) is 12.6. The lowest BCUT2D eigenvalue weighted by Crippen LogP contribution is -2.15. The molecule has 18 heavy (non-hydrogen) atoms. The van der Waals surface area contributed by atoms with Gasteiger partial charge in [-0.1, -0.05) is 0 Å². The van der Waals surface area contributed by atoms with Gasteiger partial charge in [0, 0.05) is 29.6 Å². The van der Waals surface area contributed by atoms with Crippen LogP contribution in [0, 0.1) is 0 Å². The molecule has 2 fully saturated rings. The van der Waals surface area contributed by atoms with E-state index in [1.807, 2.05) is 0 Å². The predicted molar refractivity (Wildman–Crippen MR) is 72.5 cm³/mol. The molecular formula is C12H18N2O2S2. The topological polar surface area (TPSA) is 59.1 Å². The third-order valence-electron chi connectivity index (χ3n) is 3.25. The quantitative estimate of drug-likeness (QED) is 0.866. The normalized spacial score (nSPS) is 20.3. The van der Waals surface area contributed by atoms with Crippen molar-refractivity contribution in [3.63, 3.8) is 0 Å². The smallest absolute Gasteiger partial charge is 0.153 e. The number of nitrogens with one attached hydrogen (secondary N) is 1. The van der Waals surface area contributed by atoms with Gasteiger partial charge >= 0.3 is 0 Å². The number of hydrogen-bond acceptors (Lipinski definition) is 5. The Kier molecular flexibility index (Phi) is 3.20. The lowest BCUT2D eigenvalue weighted by Gasteiger charge is -2.01. The molecule has 0 amide bonds. The maximum Gasteiger partial charge on any atom is 0.153 e. The molecule has 2 aliphatic rings. The maximum absolute atomic E-state index is 11.3. The van der Waals surface area contributed by atoms with Gasteiger partial charge in [-0.15, -0.1) is 11.3 Å². The van der Waals surface area contributed by atoms with Crippen LogP contribution in [0.25, 0.3) is 0 Å². The van der Waals surface area contributed by atoms with Crippen LogP contribution in [0.3, 0.4) is 0 Å². The van der Waals surface area contributed by atoms with Gasteiger partial charge in [0.15, 0.2) is 9.84 Å². The molecule has 0 unspecified atom stereocenters. The third-order valence-corrected chi connectivity index (χ3v) is 5.30. The van der Waals surface area contributed by atoms with E-state index in [0.29, 0.717) is 12.0 Å². The lowest BCUT2D eigenvalue weighted by molar-refractivity contribution is 0.601. The summed E-state index contributed by atoms with van der Waals surface area (Å²) in [5.74, 6) is 0.673. The summed E-state index contributed by atoms with van der Waals surface area (Å²) in [5, 5.41) is 4.25. The molecule has 2 aliphatic carbocycles. The summed E-state index contributed by atoms with van der Waals surface area (Å²) in [6.45, 7) is 0.859. The molecule has 0 aromatic carbocycles. The van der Waals surface area contributed by atoms with Crippen LogP contribution in [0.15, 0.2) is 0 Å². The first-order valence-electron chi connectivity index (χ1n) is 6.41. The van der Waals surface area contributed by atoms with Crippen molar-refractivity contribution in [1.29, 1.82) is 0 Å². The Morgan fingerprint density at radius 3 is 2.61 bits per heavy atom. The summed E-state index contributed by atoms with van der Waals surface area (Å²) in [5.41, 5.74) is 1.16. The van der Waals surface area contributed by atoms with Crippen LogP contribution >= 0.6 is 11.3 Å². The lowest BCUT2D eigenvalue weighted by atomic mass is 10.2. The van der Waals surface area contributed by atoms with E-state index in [2.05, 4.69) is 10.3 Å². The molecule has 100 valence electrons. The SMILES string of the molecule is CS(=O)(=O)Cc1nc(C2CC2)c(CNC2CC2)s1. The maximum atomic E-state index is 11.3. The van der Waals surface area contributed by atoms with Crippen LogP contribution in [0.4, 0.5) is 0 Å². The summed E-state index contributed by atoms with van der Waals surface area (Å²) in [6.07, 6.45) is 6.23. The average molecular weight is 286 g/mol. The van der Waals surface area contributed by atoms with Crippen molar-refractivity contribution < 1.29 is 8.42 Å². The molecule has 1 N–H and O–H groups in total. The van der Waals surface area contributed by atoms with Crippen LogP contribution < -0.4 is 5.32 Å². The Balaban J connectivity index is 1.76. The fourth-order valence-corrected chi connectivity index (χ4v) is 4.32. The van der Waals surface area contributed by atoms with Crippen molar-refractivity contribution in [3.8, 4) is 0 Å². The van der Waals surface area contributed by atoms with Gasteiger partial charge in [0.2, 0.25) is 0 Å². The first-order valence-corrected chi connectivity index (χ1v) is 9.28. The zero-order valence-electron chi connectivity index (χ0n) is 10.5. The van der Waals surface area contributed by atoms with Crippen molar-refractivity contribution in [1.82, 2.24) is 10.3 Å². The number of rotatable bonds is 6. The van der Waals surface area contributed by atoms with Crippen molar-refractivity contribution in [2.24, 2.45) is 0 Å². The molecule has 0 atom stereocenters. The second-order valence-electron chi connectivity index (χ2n) is 5.42. The number of nitrogens with zero attached hydrogens (tertiary/aromatic N) is 1. The summed E-state index contributed by atoms with van der Waals surface area (Å²) in [6, 6.07) is 0.678.